The van der Waals surface area contributed by atoms with E-state index in [-0.39, 0.29) is 17.3 Å². The van der Waals surface area contributed by atoms with Crippen molar-refractivity contribution in [1.29, 1.82) is 0 Å². The summed E-state index contributed by atoms with van der Waals surface area (Å²) in [7, 11) is 0. The number of nitrogens with zero attached hydrogens (tertiary/aromatic N) is 1. The van der Waals surface area contributed by atoms with Gasteiger partial charge in [-0.05, 0) is 56.6 Å². The van der Waals surface area contributed by atoms with E-state index < -0.39 is 5.82 Å². The zero-order chi connectivity index (χ0) is 18.1. The van der Waals surface area contributed by atoms with Gasteiger partial charge in [-0.3, -0.25) is 9.69 Å². The van der Waals surface area contributed by atoms with Gasteiger partial charge in [-0.15, -0.1) is 0 Å². The maximum Gasteiger partial charge on any atom is 0.291 e. The highest BCUT2D eigenvalue weighted by Gasteiger charge is 2.20. The number of aryl methyl sites for hydroxylation is 1. The van der Waals surface area contributed by atoms with Crippen molar-refractivity contribution in [2.45, 2.75) is 26.3 Å². The number of para-hydroxylation sites is 1. The van der Waals surface area contributed by atoms with E-state index in [1.807, 2.05) is 18.2 Å². The van der Waals surface area contributed by atoms with Crippen LogP contribution in [0.4, 0.5) is 10.1 Å². The molecule has 0 saturated carbocycles. The van der Waals surface area contributed by atoms with Gasteiger partial charge in [-0.1, -0.05) is 24.3 Å². The number of hydrogen-bond donors (Lipinski definition) is 1. The lowest BCUT2D eigenvalue weighted by molar-refractivity contribution is 0.0997. The second-order valence-electron chi connectivity index (χ2n) is 6.81. The Morgan fingerprint density at radius 3 is 2.73 bits per heavy atom. The van der Waals surface area contributed by atoms with Crippen molar-refractivity contribution in [3.05, 3.63) is 65.2 Å². The van der Waals surface area contributed by atoms with Gasteiger partial charge in [0.25, 0.3) is 5.91 Å². The lowest BCUT2D eigenvalue weighted by Crippen LogP contribution is -2.18. The van der Waals surface area contributed by atoms with Gasteiger partial charge in [-0.2, -0.15) is 0 Å². The number of rotatable bonds is 4. The van der Waals surface area contributed by atoms with Gasteiger partial charge in [0.2, 0.25) is 0 Å². The highest BCUT2D eigenvalue weighted by atomic mass is 19.1. The average Bonchev–Trinajstić information content (AvgIpc) is 3.24. The number of furan rings is 1. The minimum atomic E-state index is -0.461. The first kappa shape index (κ1) is 16.8. The SMILES string of the molecule is Cc1c(C(=O)Nc2cccc(CN3CCCC3)c2)oc2c(F)cccc12. The molecule has 0 unspecified atom stereocenters. The standard InChI is InChI=1S/C21H21FN2O2/c1-14-17-8-5-9-18(22)20(17)26-19(14)21(25)23-16-7-4-6-15(12-16)13-24-10-2-3-11-24/h4-9,12H,2-3,10-11,13H2,1H3,(H,23,25). The van der Waals surface area contributed by atoms with Crippen molar-refractivity contribution in [1.82, 2.24) is 4.90 Å². The molecular formula is C21H21FN2O2. The van der Waals surface area contributed by atoms with Gasteiger partial charge in [0.05, 0.1) is 0 Å². The van der Waals surface area contributed by atoms with Gasteiger partial charge in [0.15, 0.2) is 17.2 Å². The number of anilines is 1. The number of fused-ring (bicyclic) bond motifs is 1. The number of hydrogen-bond acceptors (Lipinski definition) is 3. The Balaban J connectivity index is 1.55. The smallest absolute Gasteiger partial charge is 0.291 e. The Morgan fingerprint density at radius 1 is 1.19 bits per heavy atom. The molecule has 3 aromatic rings. The summed E-state index contributed by atoms with van der Waals surface area (Å²) < 4.78 is 19.4. The van der Waals surface area contributed by atoms with E-state index in [4.69, 9.17) is 4.42 Å². The molecule has 1 aliphatic rings. The average molecular weight is 352 g/mol. The van der Waals surface area contributed by atoms with Crippen molar-refractivity contribution < 1.29 is 13.6 Å². The van der Waals surface area contributed by atoms with Crippen LogP contribution in [0.1, 0.15) is 34.5 Å². The topological polar surface area (TPSA) is 45.5 Å². The third-order valence-electron chi connectivity index (χ3n) is 4.91. The van der Waals surface area contributed by atoms with Crippen molar-refractivity contribution in [2.75, 3.05) is 18.4 Å². The molecule has 0 atom stereocenters. The second kappa shape index (κ2) is 6.92. The predicted octanol–water partition coefficient (Wildman–Crippen LogP) is 4.73. The summed E-state index contributed by atoms with van der Waals surface area (Å²) in [6, 6.07) is 12.5. The Hall–Kier alpha value is -2.66. The van der Waals surface area contributed by atoms with E-state index in [0.29, 0.717) is 16.6 Å². The minimum Gasteiger partial charge on any atom is -0.448 e. The van der Waals surface area contributed by atoms with E-state index in [9.17, 15) is 9.18 Å². The van der Waals surface area contributed by atoms with Crippen molar-refractivity contribution in [3.8, 4) is 0 Å². The number of amides is 1. The third-order valence-corrected chi connectivity index (χ3v) is 4.91. The van der Waals surface area contributed by atoms with Crippen LogP contribution in [0.3, 0.4) is 0 Å². The fourth-order valence-electron chi connectivity index (χ4n) is 3.56. The second-order valence-corrected chi connectivity index (χ2v) is 6.81. The van der Waals surface area contributed by atoms with Crippen molar-refractivity contribution >= 4 is 22.6 Å². The normalized spacial score (nSPS) is 14.8. The van der Waals surface area contributed by atoms with Gasteiger partial charge in [-0.25, -0.2) is 4.39 Å². The fraction of sp³-hybridized carbons (Fsp3) is 0.286. The van der Waals surface area contributed by atoms with Crippen LogP contribution in [-0.4, -0.2) is 23.9 Å². The molecular weight excluding hydrogens is 331 g/mol. The zero-order valence-electron chi connectivity index (χ0n) is 14.7. The van der Waals surface area contributed by atoms with E-state index in [1.54, 1.807) is 19.1 Å². The number of carbonyl (C=O) groups is 1. The Kier molecular flexibility index (Phi) is 4.47. The van der Waals surface area contributed by atoms with Crippen LogP contribution in [0.25, 0.3) is 11.0 Å². The summed E-state index contributed by atoms with van der Waals surface area (Å²) in [5.41, 5.74) is 2.65. The molecule has 1 fully saturated rings. The molecule has 5 heteroatoms. The molecule has 2 aromatic carbocycles. The van der Waals surface area contributed by atoms with Gasteiger partial charge in [0.1, 0.15) is 0 Å². The lowest BCUT2D eigenvalue weighted by Gasteiger charge is -2.15. The first-order valence-electron chi connectivity index (χ1n) is 8.92. The molecule has 0 spiro atoms. The molecule has 26 heavy (non-hydrogen) atoms. The van der Waals surface area contributed by atoms with Crippen molar-refractivity contribution in [2.24, 2.45) is 0 Å². The van der Waals surface area contributed by atoms with E-state index in [0.717, 1.165) is 25.2 Å². The summed E-state index contributed by atoms with van der Waals surface area (Å²) in [4.78, 5) is 15.0. The van der Waals surface area contributed by atoms with E-state index >= 15 is 0 Å². The number of nitrogens with one attached hydrogen (secondary N) is 1. The molecule has 4 nitrogen and oxygen atoms in total. The van der Waals surface area contributed by atoms with Crippen LogP contribution < -0.4 is 5.32 Å². The molecule has 1 aliphatic heterocycles. The van der Waals surface area contributed by atoms with Crippen LogP contribution in [0.2, 0.25) is 0 Å². The first-order chi connectivity index (χ1) is 12.6. The molecule has 134 valence electrons. The molecule has 1 saturated heterocycles. The number of likely N-dealkylation sites (tertiary alicyclic amines) is 1. The zero-order valence-corrected chi connectivity index (χ0v) is 14.7. The summed E-state index contributed by atoms with van der Waals surface area (Å²) in [5.74, 6) is -0.677. The fourth-order valence-corrected chi connectivity index (χ4v) is 3.56. The van der Waals surface area contributed by atoms with Gasteiger partial charge < -0.3 is 9.73 Å². The molecule has 1 N–H and O–H groups in total. The molecule has 4 rings (SSSR count). The van der Waals surface area contributed by atoms with Crippen LogP contribution >= 0.6 is 0 Å². The van der Waals surface area contributed by atoms with Crippen LogP contribution in [0, 0.1) is 12.7 Å². The lowest BCUT2D eigenvalue weighted by atomic mass is 10.1. The van der Waals surface area contributed by atoms with E-state index in [1.165, 1.54) is 18.9 Å². The molecule has 0 radical (unpaired) electrons. The largest absolute Gasteiger partial charge is 0.448 e. The summed E-state index contributed by atoms with van der Waals surface area (Å²) in [6.45, 7) is 4.91. The molecule has 1 aromatic heterocycles. The molecule has 0 bridgehead atoms. The monoisotopic (exact) mass is 352 g/mol. The molecule has 2 heterocycles. The Labute approximate surface area is 151 Å². The summed E-state index contributed by atoms with van der Waals surface area (Å²) >= 11 is 0. The van der Waals surface area contributed by atoms with E-state index in [2.05, 4.69) is 16.3 Å². The predicted molar refractivity (Wildman–Crippen MR) is 99.8 cm³/mol. The van der Waals surface area contributed by atoms with Crippen molar-refractivity contribution in [3.63, 3.8) is 0 Å². The maximum atomic E-state index is 13.9. The number of carbonyl (C=O) groups excluding carboxylic acids is 1. The van der Waals surface area contributed by atoms with Crippen LogP contribution in [-0.2, 0) is 6.54 Å². The molecule has 0 aliphatic carbocycles. The van der Waals surface area contributed by atoms with Crippen LogP contribution in [0.5, 0.6) is 0 Å². The van der Waals surface area contributed by atoms with Gasteiger partial charge in [0, 0.05) is 23.2 Å². The number of benzene rings is 2. The maximum absolute atomic E-state index is 13.9. The summed E-state index contributed by atoms with van der Waals surface area (Å²) in [6.07, 6.45) is 2.50. The highest BCUT2D eigenvalue weighted by molar-refractivity contribution is 6.06. The summed E-state index contributed by atoms with van der Waals surface area (Å²) in [5, 5.41) is 3.49. The van der Waals surface area contributed by atoms with Gasteiger partial charge >= 0.3 is 0 Å². The van der Waals surface area contributed by atoms with Crippen LogP contribution in [0.15, 0.2) is 46.9 Å². The quantitative estimate of drug-likeness (QED) is 0.738. The number of halogens is 1. The minimum absolute atomic E-state index is 0.123. The Morgan fingerprint density at radius 2 is 1.96 bits per heavy atom. The third kappa shape index (κ3) is 3.22. The highest BCUT2D eigenvalue weighted by Crippen LogP contribution is 2.28. The molecule has 1 amide bonds. The first-order valence-corrected chi connectivity index (χ1v) is 8.92. The Bertz CT molecular complexity index is 958.